The molecule has 0 amide bonds. The molecule has 6 N–H and O–H groups in total. The number of carbonyl (C=O) groups is 1. The van der Waals surface area contributed by atoms with Crippen LogP contribution < -0.4 is 16.2 Å². The van der Waals surface area contributed by atoms with Crippen LogP contribution in [0.2, 0.25) is 0 Å². The van der Waals surface area contributed by atoms with Crippen molar-refractivity contribution in [2.24, 2.45) is 16.5 Å². The summed E-state index contributed by atoms with van der Waals surface area (Å²) in [5.74, 6) is -0.116. The van der Waals surface area contributed by atoms with Crippen LogP contribution in [0.3, 0.4) is 0 Å². The summed E-state index contributed by atoms with van der Waals surface area (Å²) in [6, 6.07) is 8.66. The van der Waals surface area contributed by atoms with Gasteiger partial charge in [0.2, 0.25) is 0 Å². The highest BCUT2D eigenvalue weighted by atomic mass is 16.5. The Balaban J connectivity index is 2.18. The van der Waals surface area contributed by atoms with Gasteiger partial charge in [0, 0.05) is 5.56 Å². The molecule has 2 aromatic carbocycles. The van der Waals surface area contributed by atoms with E-state index in [-0.39, 0.29) is 17.6 Å². The number of hydrogen-bond acceptors (Lipinski definition) is 4. The van der Waals surface area contributed by atoms with Crippen molar-refractivity contribution < 1.29 is 19.7 Å². The van der Waals surface area contributed by atoms with E-state index < -0.39 is 17.0 Å². The molecule has 166 valence electrons. The van der Waals surface area contributed by atoms with Crippen LogP contribution in [0.1, 0.15) is 61.8 Å². The number of carboxylic acids is 1. The zero-order chi connectivity index (χ0) is 23.1. The zero-order valence-corrected chi connectivity index (χ0v) is 18.7. The van der Waals surface area contributed by atoms with Gasteiger partial charge < -0.3 is 26.4 Å². The molecule has 1 aliphatic heterocycles. The molecule has 1 aliphatic rings. The van der Waals surface area contributed by atoms with Crippen molar-refractivity contribution in [2.75, 3.05) is 0 Å². The lowest BCUT2D eigenvalue weighted by molar-refractivity contribution is -0.155. The van der Waals surface area contributed by atoms with Crippen LogP contribution in [0.25, 0.3) is 0 Å². The van der Waals surface area contributed by atoms with Crippen molar-refractivity contribution in [1.29, 1.82) is 0 Å². The summed E-state index contributed by atoms with van der Waals surface area (Å²) >= 11 is 0. The number of aromatic hydroxyl groups is 1. The van der Waals surface area contributed by atoms with E-state index in [2.05, 4.69) is 4.99 Å². The van der Waals surface area contributed by atoms with Crippen molar-refractivity contribution in [1.82, 2.24) is 0 Å². The predicted molar refractivity (Wildman–Crippen MR) is 121 cm³/mol. The summed E-state index contributed by atoms with van der Waals surface area (Å²) in [6.45, 7) is 9.50. The molecule has 0 radical (unpaired) electrons. The summed E-state index contributed by atoms with van der Waals surface area (Å²) in [5, 5.41) is 20.8. The van der Waals surface area contributed by atoms with Crippen molar-refractivity contribution in [3.8, 4) is 11.5 Å². The summed E-state index contributed by atoms with van der Waals surface area (Å²) < 4.78 is 6.56. The van der Waals surface area contributed by atoms with Crippen LogP contribution in [0.15, 0.2) is 35.3 Å². The van der Waals surface area contributed by atoms with Gasteiger partial charge in [0.05, 0.1) is 5.69 Å². The summed E-state index contributed by atoms with van der Waals surface area (Å²) in [6.07, 6.45) is 0.816. The minimum Gasteiger partial charge on any atom is -0.508 e. The van der Waals surface area contributed by atoms with Gasteiger partial charge >= 0.3 is 5.97 Å². The van der Waals surface area contributed by atoms with E-state index in [4.69, 9.17) is 16.2 Å². The Morgan fingerprint density at radius 2 is 1.87 bits per heavy atom. The van der Waals surface area contributed by atoms with E-state index in [9.17, 15) is 15.0 Å². The molecule has 0 saturated heterocycles. The Bertz CT molecular complexity index is 1040. The van der Waals surface area contributed by atoms with Crippen LogP contribution in [-0.4, -0.2) is 27.7 Å². The van der Waals surface area contributed by atoms with Crippen LogP contribution in [0, 0.1) is 13.8 Å². The van der Waals surface area contributed by atoms with E-state index in [1.807, 2.05) is 34.6 Å². The molecule has 7 nitrogen and oxygen atoms in total. The molecule has 0 saturated carbocycles. The largest absolute Gasteiger partial charge is 0.508 e. The van der Waals surface area contributed by atoms with E-state index >= 15 is 0 Å². The molecular weight excluding hydrogens is 394 g/mol. The Kier molecular flexibility index (Phi) is 5.65. The van der Waals surface area contributed by atoms with Gasteiger partial charge in [0.25, 0.3) is 0 Å². The van der Waals surface area contributed by atoms with E-state index in [1.165, 1.54) is 0 Å². The molecule has 0 bridgehead atoms. The highest BCUT2D eigenvalue weighted by molar-refractivity contribution is 5.84. The second kappa shape index (κ2) is 7.80. The fraction of sp³-hybridized carbons (Fsp3) is 0.417. The molecule has 3 atom stereocenters. The number of aliphatic carboxylic acids is 1. The van der Waals surface area contributed by atoms with Crippen molar-refractivity contribution in [2.45, 2.75) is 64.4 Å². The van der Waals surface area contributed by atoms with Crippen LogP contribution in [0.5, 0.6) is 11.5 Å². The molecule has 7 heteroatoms. The number of rotatable bonds is 5. The average molecular weight is 426 g/mol. The number of nitrogens with zero attached hydrogens (tertiary/aromatic N) is 1. The van der Waals surface area contributed by atoms with E-state index in [0.717, 1.165) is 16.7 Å². The highest BCUT2D eigenvalue weighted by Crippen LogP contribution is 2.53. The maximum absolute atomic E-state index is 12.9. The molecule has 2 aromatic rings. The lowest BCUT2D eigenvalue weighted by atomic mass is 9.62. The smallest absolute Gasteiger partial charge is 0.318 e. The van der Waals surface area contributed by atoms with E-state index in [0.29, 0.717) is 29.8 Å². The predicted octanol–water partition coefficient (Wildman–Crippen LogP) is 3.99. The van der Waals surface area contributed by atoms with Crippen LogP contribution >= 0.6 is 0 Å². The third-order valence-electron chi connectivity index (χ3n) is 6.81. The number of phenols is 1. The SMILES string of the molecule is CCC(C(=O)O)(c1ccc(N=C(N)N)cc1)C1(C)CC(C)c2cc(O)c(C)c(C)c2O1. The molecule has 0 aliphatic carbocycles. The fourth-order valence-electron chi connectivity index (χ4n) is 4.98. The fourth-order valence-corrected chi connectivity index (χ4v) is 4.98. The Labute approximate surface area is 182 Å². The quantitative estimate of drug-likeness (QED) is 0.423. The number of hydrogen-bond donors (Lipinski definition) is 4. The molecule has 3 rings (SSSR count). The van der Waals surface area contributed by atoms with Gasteiger partial charge in [-0.15, -0.1) is 0 Å². The second-order valence-corrected chi connectivity index (χ2v) is 8.65. The second-order valence-electron chi connectivity index (χ2n) is 8.65. The van der Waals surface area contributed by atoms with Crippen LogP contribution in [-0.2, 0) is 10.2 Å². The topological polar surface area (TPSA) is 131 Å². The molecular formula is C24H31N3O4. The molecule has 3 unspecified atom stereocenters. The summed E-state index contributed by atoms with van der Waals surface area (Å²) in [7, 11) is 0. The molecule has 0 spiro atoms. The summed E-state index contributed by atoms with van der Waals surface area (Å²) in [5.41, 5.74) is 12.2. The van der Waals surface area contributed by atoms with Gasteiger partial charge in [0.15, 0.2) is 5.96 Å². The number of nitrogens with two attached hydrogens (primary N) is 2. The number of phenolic OH excluding ortho intramolecular Hbond substituents is 1. The first kappa shape index (κ1) is 22.5. The number of carboxylic acid groups (broad SMARTS) is 1. The first-order valence-electron chi connectivity index (χ1n) is 10.4. The van der Waals surface area contributed by atoms with Gasteiger partial charge in [-0.05, 0) is 74.4 Å². The number of aliphatic imine (C=N–C) groups is 1. The van der Waals surface area contributed by atoms with Crippen molar-refractivity contribution >= 4 is 17.6 Å². The first-order valence-corrected chi connectivity index (χ1v) is 10.4. The molecule has 0 aromatic heterocycles. The third kappa shape index (κ3) is 3.48. The number of guanidine groups is 1. The zero-order valence-electron chi connectivity index (χ0n) is 18.7. The van der Waals surface area contributed by atoms with E-state index in [1.54, 1.807) is 30.3 Å². The monoisotopic (exact) mass is 425 g/mol. The lowest BCUT2D eigenvalue weighted by Crippen LogP contribution is -2.59. The average Bonchev–Trinajstić information content (AvgIpc) is 2.69. The number of ether oxygens (including phenoxy) is 1. The Morgan fingerprint density at radius 1 is 1.26 bits per heavy atom. The lowest BCUT2D eigenvalue weighted by Gasteiger charge is -2.50. The van der Waals surface area contributed by atoms with Gasteiger partial charge in [0.1, 0.15) is 22.5 Å². The van der Waals surface area contributed by atoms with Gasteiger partial charge in [-0.25, -0.2) is 4.99 Å². The maximum atomic E-state index is 12.9. The molecule has 0 fully saturated rings. The molecule has 31 heavy (non-hydrogen) atoms. The first-order chi connectivity index (χ1) is 14.5. The summed E-state index contributed by atoms with van der Waals surface area (Å²) in [4.78, 5) is 16.9. The number of benzene rings is 2. The number of fused-ring (bicyclic) bond motifs is 1. The minimum absolute atomic E-state index is 0.00476. The minimum atomic E-state index is -1.30. The third-order valence-corrected chi connectivity index (χ3v) is 6.81. The van der Waals surface area contributed by atoms with Gasteiger partial charge in [-0.3, -0.25) is 4.79 Å². The maximum Gasteiger partial charge on any atom is 0.318 e. The van der Waals surface area contributed by atoms with Gasteiger partial charge in [-0.2, -0.15) is 0 Å². The standard InChI is InChI=1S/C24H31N3O4/c1-6-24(21(29)30,16-7-9-17(10-8-16)27-22(25)26)23(5)12-13(2)18-11-19(28)14(3)15(4)20(18)31-23/h7-11,13,28H,6,12H2,1-5H3,(H,29,30)(H4,25,26,27). The van der Waals surface area contributed by atoms with Crippen molar-refractivity contribution in [3.05, 3.63) is 52.6 Å². The Morgan fingerprint density at radius 3 is 2.39 bits per heavy atom. The Hall–Kier alpha value is -3.22. The van der Waals surface area contributed by atoms with Crippen LogP contribution in [0.4, 0.5) is 5.69 Å². The van der Waals surface area contributed by atoms with Gasteiger partial charge in [-0.1, -0.05) is 26.0 Å². The van der Waals surface area contributed by atoms with Crippen molar-refractivity contribution in [3.63, 3.8) is 0 Å². The molecule has 1 heterocycles. The normalized spacial score (nSPS) is 22.0. The highest BCUT2D eigenvalue weighted by Gasteiger charge is 2.58.